The van der Waals surface area contributed by atoms with E-state index in [2.05, 4.69) is 22.2 Å². The number of methoxy groups -OCH3 is 1. The number of aliphatic hydroxyl groups excluding tert-OH is 1. The van der Waals surface area contributed by atoms with Crippen molar-refractivity contribution in [2.75, 3.05) is 37.8 Å². The molecule has 2 atom stereocenters. The number of sulfonamides is 1. The first kappa shape index (κ1) is 27.8. The number of aliphatic hydroxyl groups is 1. The summed E-state index contributed by atoms with van der Waals surface area (Å²) in [7, 11) is -1.85. The van der Waals surface area contributed by atoms with Crippen molar-refractivity contribution in [3.8, 4) is 17.2 Å². The summed E-state index contributed by atoms with van der Waals surface area (Å²) in [6.07, 6.45) is 3.67. The highest BCUT2D eigenvalue weighted by Gasteiger charge is 2.21. The van der Waals surface area contributed by atoms with Crippen LogP contribution in [-0.4, -0.2) is 52.7 Å². The fraction of sp³-hybridized carbons (Fsp3) is 0.379. The Balaban J connectivity index is 1.30. The molecule has 0 aromatic heterocycles. The average molecular weight is 541 g/mol. The van der Waals surface area contributed by atoms with Gasteiger partial charge in [0.1, 0.15) is 36.6 Å². The maximum atomic E-state index is 11.9. The van der Waals surface area contributed by atoms with E-state index in [9.17, 15) is 13.5 Å². The Bertz CT molecular complexity index is 1300. The molecule has 0 bridgehead atoms. The molecule has 0 fully saturated rings. The number of aryl methyl sites for hydroxylation is 1. The zero-order chi connectivity index (χ0) is 27.0. The van der Waals surface area contributed by atoms with Crippen LogP contribution in [0.3, 0.4) is 0 Å². The van der Waals surface area contributed by atoms with Crippen molar-refractivity contribution in [1.29, 1.82) is 0 Å². The summed E-state index contributed by atoms with van der Waals surface area (Å²) in [4.78, 5) is 0. The second-order valence-corrected chi connectivity index (χ2v) is 11.3. The van der Waals surface area contributed by atoms with Crippen molar-refractivity contribution in [2.24, 2.45) is 0 Å². The van der Waals surface area contributed by atoms with Gasteiger partial charge in [0.05, 0.1) is 19.1 Å². The fourth-order valence-electron chi connectivity index (χ4n) is 4.63. The van der Waals surface area contributed by atoms with Crippen LogP contribution in [0.25, 0.3) is 0 Å². The number of hydrogen-bond donors (Lipinski definition) is 3. The van der Waals surface area contributed by atoms with E-state index in [-0.39, 0.29) is 12.3 Å². The van der Waals surface area contributed by atoms with Crippen molar-refractivity contribution < 1.29 is 27.7 Å². The molecule has 3 aromatic rings. The molecule has 1 unspecified atom stereocenters. The van der Waals surface area contributed by atoms with Crippen LogP contribution in [0, 0.1) is 0 Å². The number of ether oxygens (including phenoxy) is 3. The molecule has 9 heteroatoms. The monoisotopic (exact) mass is 540 g/mol. The lowest BCUT2D eigenvalue weighted by atomic mass is 9.82. The molecule has 0 radical (unpaired) electrons. The van der Waals surface area contributed by atoms with E-state index in [0.29, 0.717) is 30.6 Å². The molecule has 0 amide bonds. The van der Waals surface area contributed by atoms with E-state index >= 15 is 0 Å². The maximum absolute atomic E-state index is 11.9. The van der Waals surface area contributed by atoms with E-state index in [1.165, 1.54) is 11.1 Å². The number of fused-ring (bicyclic) bond motifs is 1. The molecule has 0 aliphatic heterocycles. The molecule has 38 heavy (non-hydrogen) atoms. The van der Waals surface area contributed by atoms with Crippen molar-refractivity contribution in [3.63, 3.8) is 0 Å². The van der Waals surface area contributed by atoms with Crippen LogP contribution < -0.4 is 24.2 Å². The predicted octanol–water partition coefficient (Wildman–Crippen LogP) is 4.10. The Hall–Kier alpha value is -3.27. The molecule has 204 valence electrons. The van der Waals surface area contributed by atoms with Crippen molar-refractivity contribution in [1.82, 2.24) is 5.32 Å². The van der Waals surface area contributed by atoms with Crippen LogP contribution in [0.5, 0.6) is 17.2 Å². The van der Waals surface area contributed by atoms with E-state index in [0.717, 1.165) is 43.4 Å². The van der Waals surface area contributed by atoms with Crippen molar-refractivity contribution in [3.05, 3.63) is 83.4 Å². The summed E-state index contributed by atoms with van der Waals surface area (Å²) in [5.41, 5.74) is 3.92. The molecule has 0 saturated heterocycles. The minimum atomic E-state index is -3.53. The molecule has 1 aliphatic rings. The Labute approximate surface area is 225 Å². The largest absolute Gasteiger partial charge is 0.497 e. The minimum absolute atomic E-state index is 0.0601. The summed E-state index contributed by atoms with van der Waals surface area (Å²) >= 11 is 0. The SMILES string of the molecule is COc1ccc2c(c1)C(CNC[C@@H](O)COc1ccc(OCc3ccccc3)c(NS(C)(=O)=O)c1)CCC2. The summed E-state index contributed by atoms with van der Waals surface area (Å²) < 4.78 is 43.3. The smallest absolute Gasteiger partial charge is 0.229 e. The predicted molar refractivity (Wildman–Crippen MR) is 149 cm³/mol. The number of rotatable bonds is 13. The minimum Gasteiger partial charge on any atom is -0.497 e. The number of anilines is 1. The molecule has 4 rings (SSSR count). The van der Waals surface area contributed by atoms with Gasteiger partial charge in [-0.15, -0.1) is 0 Å². The highest BCUT2D eigenvalue weighted by molar-refractivity contribution is 7.92. The first-order chi connectivity index (χ1) is 18.3. The first-order valence-corrected chi connectivity index (χ1v) is 14.7. The van der Waals surface area contributed by atoms with Gasteiger partial charge < -0.3 is 24.6 Å². The second kappa shape index (κ2) is 13.0. The van der Waals surface area contributed by atoms with Gasteiger partial charge in [-0.05, 0) is 66.1 Å². The Kier molecular flexibility index (Phi) is 9.49. The third-order valence-electron chi connectivity index (χ3n) is 6.49. The van der Waals surface area contributed by atoms with Gasteiger partial charge in [-0.25, -0.2) is 8.42 Å². The maximum Gasteiger partial charge on any atom is 0.229 e. The van der Waals surface area contributed by atoms with E-state index < -0.39 is 16.1 Å². The number of benzene rings is 3. The van der Waals surface area contributed by atoms with Crippen LogP contribution in [-0.2, 0) is 23.1 Å². The van der Waals surface area contributed by atoms with Crippen LogP contribution in [0.15, 0.2) is 66.7 Å². The number of nitrogens with one attached hydrogen (secondary N) is 2. The Morgan fingerprint density at radius 2 is 1.82 bits per heavy atom. The zero-order valence-corrected chi connectivity index (χ0v) is 22.7. The molecule has 0 spiro atoms. The quantitative estimate of drug-likeness (QED) is 0.300. The van der Waals surface area contributed by atoms with Crippen LogP contribution in [0.1, 0.15) is 35.4 Å². The highest BCUT2D eigenvalue weighted by atomic mass is 32.2. The molecule has 0 saturated carbocycles. The molecular weight excluding hydrogens is 504 g/mol. The second-order valence-electron chi connectivity index (χ2n) is 9.58. The lowest BCUT2D eigenvalue weighted by molar-refractivity contribution is 0.106. The van der Waals surface area contributed by atoms with E-state index in [1.807, 2.05) is 36.4 Å². The van der Waals surface area contributed by atoms with Gasteiger partial charge in [0.15, 0.2) is 0 Å². The lowest BCUT2D eigenvalue weighted by Gasteiger charge is -2.26. The van der Waals surface area contributed by atoms with Crippen LogP contribution in [0.4, 0.5) is 5.69 Å². The average Bonchev–Trinajstić information content (AvgIpc) is 2.91. The third-order valence-corrected chi connectivity index (χ3v) is 7.08. The fourth-order valence-corrected chi connectivity index (χ4v) is 5.19. The molecule has 1 aliphatic carbocycles. The topological polar surface area (TPSA) is 106 Å². The summed E-state index contributed by atoms with van der Waals surface area (Å²) in [5.74, 6) is 2.05. The third kappa shape index (κ3) is 8.11. The molecule has 3 aromatic carbocycles. The first-order valence-electron chi connectivity index (χ1n) is 12.8. The molecule has 0 heterocycles. The zero-order valence-electron chi connectivity index (χ0n) is 21.9. The van der Waals surface area contributed by atoms with Gasteiger partial charge in [0.2, 0.25) is 10.0 Å². The normalized spacial score (nSPS) is 15.8. The van der Waals surface area contributed by atoms with E-state index in [4.69, 9.17) is 14.2 Å². The van der Waals surface area contributed by atoms with Gasteiger partial charge in [0.25, 0.3) is 0 Å². The number of hydrogen-bond acceptors (Lipinski definition) is 7. The summed E-state index contributed by atoms with van der Waals surface area (Å²) in [6.45, 7) is 1.49. The van der Waals surface area contributed by atoms with Gasteiger partial charge in [-0.3, -0.25) is 4.72 Å². The summed E-state index contributed by atoms with van der Waals surface area (Å²) in [5, 5.41) is 13.9. The summed E-state index contributed by atoms with van der Waals surface area (Å²) in [6, 6.07) is 20.8. The van der Waals surface area contributed by atoms with Gasteiger partial charge >= 0.3 is 0 Å². The highest BCUT2D eigenvalue weighted by Crippen LogP contribution is 2.34. The van der Waals surface area contributed by atoms with Crippen molar-refractivity contribution in [2.45, 2.75) is 37.9 Å². The van der Waals surface area contributed by atoms with E-state index in [1.54, 1.807) is 25.3 Å². The lowest BCUT2D eigenvalue weighted by Crippen LogP contribution is -2.34. The Morgan fingerprint density at radius 3 is 2.58 bits per heavy atom. The van der Waals surface area contributed by atoms with Gasteiger partial charge in [-0.1, -0.05) is 36.4 Å². The van der Waals surface area contributed by atoms with Crippen LogP contribution in [0.2, 0.25) is 0 Å². The molecule has 3 N–H and O–H groups in total. The van der Waals surface area contributed by atoms with Crippen LogP contribution >= 0.6 is 0 Å². The van der Waals surface area contributed by atoms with Gasteiger partial charge in [0, 0.05) is 19.2 Å². The van der Waals surface area contributed by atoms with Gasteiger partial charge in [-0.2, -0.15) is 0 Å². The molecular formula is C29H36N2O6S. The molecule has 8 nitrogen and oxygen atoms in total. The van der Waals surface area contributed by atoms with Crippen molar-refractivity contribution >= 4 is 15.7 Å². The standard InChI is InChI=1S/C29H36N2O6S/c1-35-25-12-11-22-9-6-10-23(27(22)15-25)17-30-18-24(32)20-36-26-13-14-29(28(16-26)31-38(2,33)34)37-19-21-7-4-3-5-8-21/h3-5,7-8,11-16,23-24,30-32H,6,9-10,17-20H2,1-2H3/t23?,24-/m1/s1. The Morgan fingerprint density at radius 1 is 1.03 bits per heavy atom.